The summed E-state index contributed by atoms with van der Waals surface area (Å²) in [5, 5.41) is 9.53. The first kappa shape index (κ1) is 12.7. The third-order valence-electron chi connectivity index (χ3n) is 2.21. The summed E-state index contributed by atoms with van der Waals surface area (Å²) in [5.74, 6) is -0.0300. The van der Waals surface area contributed by atoms with Crippen molar-refractivity contribution in [1.82, 2.24) is 0 Å². The Bertz CT molecular complexity index is 614. The quantitative estimate of drug-likeness (QED) is 0.852. The van der Waals surface area contributed by atoms with Crippen molar-refractivity contribution in [3.05, 3.63) is 52.2 Å². The molecule has 0 unspecified atom stereocenters. The Morgan fingerprint density at radius 2 is 2.00 bits per heavy atom. The van der Waals surface area contributed by atoms with E-state index in [2.05, 4.69) is 0 Å². The van der Waals surface area contributed by atoms with Crippen LogP contribution in [0.25, 0.3) is 17.4 Å². The molecule has 0 saturated heterocycles. The number of rotatable bonds is 3. The molecule has 0 aliphatic heterocycles. The first-order valence-electron chi connectivity index (χ1n) is 5.02. The van der Waals surface area contributed by atoms with Gasteiger partial charge in [0.25, 0.3) is 0 Å². The molecular formula is C13H8Cl2O3. The van der Waals surface area contributed by atoms with Crippen LogP contribution in [0.3, 0.4) is 0 Å². The molecule has 0 aliphatic carbocycles. The van der Waals surface area contributed by atoms with Gasteiger partial charge < -0.3 is 9.52 Å². The minimum Gasteiger partial charge on any atom is -0.478 e. The van der Waals surface area contributed by atoms with Crippen LogP contribution in [0.1, 0.15) is 5.76 Å². The molecule has 0 fully saturated rings. The molecule has 0 aliphatic rings. The Kier molecular flexibility index (Phi) is 3.75. The third-order valence-corrected chi connectivity index (χ3v) is 2.76. The summed E-state index contributed by atoms with van der Waals surface area (Å²) < 4.78 is 5.46. The van der Waals surface area contributed by atoms with Gasteiger partial charge in [0.05, 0.1) is 5.02 Å². The van der Waals surface area contributed by atoms with Crippen molar-refractivity contribution in [3.63, 3.8) is 0 Å². The fraction of sp³-hybridized carbons (Fsp3) is 0. The van der Waals surface area contributed by atoms with Gasteiger partial charge in [-0.05, 0) is 36.4 Å². The van der Waals surface area contributed by atoms with E-state index < -0.39 is 5.97 Å². The van der Waals surface area contributed by atoms with Crippen LogP contribution in [-0.2, 0) is 4.79 Å². The number of hydrogen-bond acceptors (Lipinski definition) is 2. The number of carbonyl (C=O) groups is 1. The second kappa shape index (κ2) is 5.29. The number of benzene rings is 1. The molecule has 2 rings (SSSR count). The fourth-order valence-electron chi connectivity index (χ4n) is 1.43. The van der Waals surface area contributed by atoms with Crippen molar-refractivity contribution >= 4 is 35.2 Å². The molecule has 0 radical (unpaired) electrons. The van der Waals surface area contributed by atoms with Gasteiger partial charge in [-0.2, -0.15) is 0 Å². The molecule has 5 heteroatoms. The number of aliphatic carboxylic acids is 1. The van der Waals surface area contributed by atoms with E-state index in [1.807, 2.05) is 0 Å². The zero-order valence-corrected chi connectivity index (χ0v) is 10.6. The van der Waals surface area contributed by atoms with Crippen LogP contribution in [0.2, 0.25) is 10.0 Å². The van der Waals surface area contributed by atoms with E-state index in [1.165, 1.54) is 6.08 Å². The van der Waals surface area contributed by atoms with Crippen LogP contribution in [0.5, 0.6) is 0 Å². The van der Waals surface area contributed by atoms with Gasteiger partial charge in [-0.25, -0.2) is 4.79 Å². The van der Waals surface area contributed by atoms with Crippen molar-refractivity contribution in [1.29, 1.82) is 0 Å². The first-order valence-corrected chi connectivity index (χ1v) is 5.78. The lowest BCUT2D eigenvalue weighted by atomic mass is 10.2. The SMILES string of the molecule is O=C(O)C=Cc1ccc(-c2ccc(Cl)cc2Cl)o1. The van der Waals surface area contributed by atoms with Crippen molar-refractivity contribution in [2.45, 2.75) is 0 Å². The smallest absolute Gasteiger partial charge is 0.328 e. The van der Waals surface area contributed by atoms with Crippen LogP contribution in [0.15, 0.2) is 40.8 Å². The van der Waals surface area contributed by atoms with Crippen molar-refractivity contribution in [2.24, 2.45) is 0 Å². The summed E-state index contributed by atoms with van der Waals surface area (Å²) in [6.45, 7) is 0. The van der Waals surface area contributed by atoms with E-state index in [0.29, 0.717) is 27.1 Å². The van der Waals surface area contributed by atoms with E-state index >= 15 is 0 Å². The van der Waals surface area contributed by atoms with Gasteiger partial charge in [0.2, 0.25) is 0 Å². The van der Waals surface area contributed by atoms with E-state index in [-0.39, 0.29) is 0 Å². The number of carboxylic acids is 1. The molecular weight excluding hydrogens is 275 g/mol. The van der Waals surface area contributed by atoms with Gasteiger partial charge in [0.1, 0.15) is 11.5 Å². The van der Waals surface area contributed by atoms with Gasteiger partial charge in [0, 0.05) is 16.7 Å². The van der Waals surface area contributed by atoms with Crippen molar-refractivity contribution in [2.75, 3.05) is 0 Å². The Balaban J connectivity index is 2.32. The average molecular weight is 283 g/mol. The normalized spacial score (nSPS) is 11.0. The molecule has 1 N–H and O–H groups in total. The van der Waals surface area contributed by atoms with Crippen molar-refractivity contribution < 1.29 is 14.3 Å². The molecule has 3 nitrogen and oxygen atoms in total. The standard InChI is InChI=1S/C13H8Cl2O3/c14-8-1-4-10(11(15)7-8)12-5-2-9(18-12)3-6-13(16)17/h1-7H,(H,16,17). The molecule has 0 amide bonds. The second-order valence-electron chi connectivity index (χ2n) is 3.50. The largest absolute Gasteiger partial charge is 0.478 e. The van der Waals surface area contributed by atoms with Gasteiger partial charge in [-0.15, -0.1) is 0 Å². The van der Waals surface area contributed by atoms with E-state index in [1.54, 1.807) is 30.3 Å². The monoisotopic (exact) mass is 282 g/mol. The van der Waals surface area contributed by atoms with Gasteiger partial charge in [-0.1, -0.05) is 23.2 Å². The van der Waals surface area contributed by atoms with Gasteiger partial charge >= 0.3 is 5.97 Å². The maximum Gasteiger partial charge on any atom is 0.328 e. The summed E-state index contributed by atoms with van der Waals surface area (Å²) in [6, 6.07) is 8.45. The predicted octanol–water partition coefficient (Wildman–Crippen LogP) is 4.35. The average Bonchev–Trinajstić information content (AvgIpc) is 2.75. The zero-order valence-electron chi connectivity index (χ0n) is 9.06. The van der Waals surface area contributed by atoms with E-state index in [0.717, 1.165) is 6.08 Å². The molecule has 92 valence electrons. The Labute approximate surface area is 113 Å². The highest BCUT2D eigenvalue weighted by molar-refractivity contribution is 6.36. The summed E-state index contributed by atoms with van der Waals surface area (Å²) >= 11 is 11.8. The number of hydrogen-bond donors (Lipinski definition) is 1. The summed E-state index contributed by atoms with van der Waals surface area (Å²) in [7, 11) is 0. The van der Waals surface area contributed by atoms with Gasteiger partial charge in [0.15, 0.2) is 0 Å². The Hall–Kier alpha value is -1.71. The van der Waals surface area contributed by atoms with Crippen LogP contribution in [0.4, 0.5) is 0 Å². The minimum atomic E-state index is -1.03. The molecule has 18 heavy (non-hydrogen) atoms. The van der Waals surface area contributed by atoms with Crippen LogP contribution < -0.4 is 0 Å². The maximum absolute atomic E-state index is 10.4. The highest BCUT2D eigenvalue weighted by Crippen LogP contribution is 2.31. The van der Waals surface area contributed by atoms with Crippen LogP contribution in [-0.4, -0.2) is 11.1 Å². The summed E-state index contributed by atoms with van der Waals surface area (Å²) in [4.78, 5) is 10.4. The molecule has 0 atom stereocenters. The lowest BCUT2D eigenvalue weighted by molar-refractivity contribution is -0.131. The first-order chi connectivity index (χ1) is 8.56. The topological polar surface area (TPSA) is 50.4 Å². The Morgan fingerprint density at radius 3 is 2.67 bits per heavy atom. The minimum absolute atomic E-state index is 0.443. The highest BCUT2D eigenvalue weighted by Gasteiger charge is 2.08. The fourth-order valence-corrected chi connectivity index (χ4v) is 1.93. The molecule has 1 aromatic carbocycles. The molecule has 1 heterocycles. The molecule has 0 spiro atoms. The molecule has 2 aromatic rings. The predicted molar refractivity (Wildman–Crippen MR) is 70.8 cm³/mol. The lowest BCUT2D eigenvalue weighted by Crippen LogP contribution is -1.84. The summed E-state index contributed by atoms with van der Waals surface area (Å²) in [6.07, 6.45) is 2.38. The van der Waals surface area contributed by atoms with Crippen LogP contribution in [0, 0.1) is 0 Å². The number of carboxylic acid groups (broad SMARTS) is 1. The second-order valence-corrected chi connectivity index (χ2v) is 4.34. The number of furan rings is 1. The lowest BCUT2D eigenvalue weighted by Gasteiger charge is -2.00. The number of halogens is 2. The molecule has 0 bridgehead atoms. The zero-order chi connectivity index (χ0) is 13.1. The van der Waals surface area contributed by atoms with Gasteiger partial charge in [-0.3, -0.25) is 0 Å². The summed E-state index contributed by atoms with van der Waals surface area (Å²) in [5.41, 5.74) is 0.705. The van der Waals surface area contributed by atoms with E-state index in [9.17, 15) is 4.79 Å². The van der Waals surface area contributed by atoms with E-state index in [4.69, 9.17) is 32.7 Å². The maximum atomic E-state index is 10.4. The molecule has 0 saturated carbocycles. The van der Waals surface area contributed by atoms with Crippen molar-refractivity contribution in [3.8, 4) is 11.3 Å². The third kappa shape index (κ3) is 2.94. The highest BCUT2D eigenvalue weighted by atomic mass is 35.5. The Morgan fingerprint density at radius 1 is 1.22 bits per heavy atom. The van der Waals surface area contributed by atoms with Crippen LogP contribution >= 0.6 is 23.2 Å². The molecule has 1 aromatic heterocycles.